The Balaban J connectivity index is 2.50. The molecule has 0 heterocycles. The van der Waals surface area contributed by atoms with Crippen LogP contribution in [0.25, 0.3) is 0 Å². The molecule has 0 aliphatic rings. The summed E-state index contributed by atoms with van der Waals surface area (Å²) in [6, 6.07) is 6.42. The molecule has 7 nitrogen and oxygen atoms in total. The Morgan fingerprint density at radius 1 is 1.41 bits per heavy atom. The largest absolute Gasteiger partial charge is 0.468 e. The lowest BCUT2D eigenvalue weighted by Gasteiger charge is -2.06. The van der Waals surface area contributed by atoms with E-state index in [0.29, 0.717) is 11.4 Å². The summed E-state index contributed by atoms with van der Waals surface area (Å²) in [6.45, 7) is -0.616. The van der Waals surface area contributed by atoms with Crippen LogP contribution in [0.4, 0.5) is 5.69 Å². The smallest absolute Gasteiger partial charge is 0.296 e. The van der Waals surface area contributed by atoms with Gasteiger partial charge < -0.3 is 14.8 Å². The maximum atomic E-state index is 11.1. The van der Waals surface area contributed by atoms with Gasteiger partial charge in [-0.15, -0.1) is 0 Å². The molecular weight excluding hydrogens is 228 g/mol. The minimum atomic E-state index is -0.748. The van der Waals surface area contributed by atoms with Gasteiger partial charge in [-0.05, 0) is 24.3 Å². The molecule has 1 aromatic rings. The standard InChI is InChI=1S/C10H12N2O5/c1-16-7-17-9-4-2-8(3-5-9)11-10(13)6-12(14)15/h2-5H,6-7H2,1H3,(H,11,13). The summed E-state index contributed by atoms with van der Waals surface area (Å²) in [5.41, 5.74) is 0.474. The Morgan fingerprint density at radius 3 is 2.59 bits per heavy atom. The molecule has 1 rings (SSSR count). The van der Waals surface area contributed by atoms with Gasteiger partial charge in [0.1, 0.15) is 5.75 Å². The second kappa shape index (κ2) is 6.44. The summed E-state index contributed by atoms with van der Waals surface area (Å²) >= 11 is 0. The number of hydrogen-bond acceptors (Lipinski definition) is 5. The van der Waals surface area contributed by atoms with Crippen LogP contribution in [0.2, 0.25) is 0 Å². The highest BCUT2D eigenvalue weighted by Crippen LogP contribution is 2.15. The van der Waals surface area contributed by atoms with Crippen molar-refractivity contribution in [3.63, 3.8) is 0 Å². The Kier molecular flexibility index (Phi) is 4.89. The Bertz CT molecular complexity index is 390. The number of carbonyl (C=O) groups is 1. The van der Waals surface area contributed by atoms with Crippen LogP contribution < -0.4 is 10.1 Å². The molecule has 0 bridgehead atoms. The van der Waals surface area contributed by atoms with Crippen LogP contribution in [0, 0.1) is 10.1 Å². The summed E-state index contributed by atoms with van der Waals surface area (Å²) in [5.74, 6) is -0.0836. The maximum absolute atomic E-state index is 11.1. The van der Waals surface area contributed by atoms with E-state index in [1.165, 1.54) is 7.11 Å². The summed E-state index contributed by atoms with van der Waals surface area (Å²) in [4.78, 5) is 20.5. The van der Waals surface area contributed by atoms with Crippen molar-refractivity contribution in [2.75, 3.05) is 25.8 Å². The quantitative estimate of drug-likeness (QED) is 0.453. The van der Waals surface area contributed by atoms with Gasteiger partial charge in [-0.3, -0.25) is 14.9 Å². The normalized spacial score (nSPS) is 9.71. The van der Waals surface area contributed by atoms with Crippen molar-refractivity contribution in [1.82, 2.24) is 0 Å². The lowest BCUT2D eigenvalue weighted by atomic mass is 10.3. The Morgan fingerprint density at radius 2 is 2.06 bits per heavy atom. The third kappa shape index (κ3) is 4.94. The molecule has 0 fully saturated rings. The Hall–Kier alpha value is -2.15. The molecular formula is C10H12N2O5. The van der Waals surface area contributed by atoms with E-state index in [-0.39, 0.29) is 6.79 Å². The van der Waals surface area contributed by atoms with Crippen molar-refractivity contribution >= 4 is 11.6 Å². The van der Waals surface area contributed by atoms with Crippen molar-refractivity contribution in [2.24, 2.45) is 0 Å². The maximum Gasteiger partial charge on any atom is 0.296 e. The summed E-state index contributed by atoms with van der Waals surface area (Å²) < 4.78 is 9.85. The SMILES string of the molecule is COCOc1ccc(NC(=O)C[N+](=O)[O-])cc1. The van der Waals surface area contributed by atoms with Crippen LogP contribution in [0.3, 0.4) is 0 Å². The van der Waals surface area contributed by atoms with Crippen molar-refractivity contribution in [3.8, 4) is 5.75 Å². The zero-order valence-corrected chi connectivity index (χ0v) is 9.21. The molecule has 92 valence electrons. The lowest BCUT2D eigenvalue weighted by Crippen LogP contribution is -2.21. The van der Waals surface area contributed by atoms with Crippen LogP contribution in [0.1, 0.15) is 0 Å². The lowest BCUT2D eigenvalue weighted by molar-refractivity contribution is -0.467. The monoisotopic (exact) mass is 240 g/mol. The van der Waals surface area contributed by atoms with Crippen LogP contribution in [0.15, 0.2) is 24.3 Å². The number of anilines is 1. The molecule has 1 aromatic carbocycles. The van der Waals surface area contributed by atoms with Gasteiger partial charge in [0, 0.05) is 17.7 Å². The first-order valence-corrected chi connectivity index (χ1v) is 4.75. The van der Waals surface area contributed by atoms with E-state index in [2.05, 4.69) is 5.32 Å². The average molecular weight is 240 g/mol. The van der Waals surface area contributed by atoms with Crippen LogP contribution in [-0.2, 0) is 9.53 Å². The third-order valence-corrected chi connectivity index (χ3v) is 1.75. The predicted molar refractivity (Wildman–Crippen MR) is 59.4 cm³/mol. The molecule has 0 saturated heterocycles. The first-order chi connectivity index (χ1) is 8.11. The van der Waals surface area contributed by atoms with Gasteiger partial charge in [-0.25, -0.2) is 0 Å². The second-order valence-corrected chi connectivity index (χ2v) is 3.11. The number of methoxy groups -OCH3 is 1. The van der Waals surface area contributed by atoms with Crippen molar-refractivity contribution in [2.45, 2.75) is 0 Å². The molecule has 17 heavy (non-hydrogen) atoms. The summed E-state index contributed by atoms with van der Waals surface area (Å²) in [7, 11) is 1.51. The summed E-state index contributed by atoms with van der Waals surface area (Å²) in [6.07, 6.45) is 0. The van der Waals surface area contributed by atoms with Gasteiger partial charge in [-0.2, -0.15) is 0 Å². The predicted octanol–water partition coefficient (Wildman–Crippen LogP) is 0.885. The molecule has 0 radical (unpaired) electrons. The highest BCUT2D eigenvalue weighted by Gasteiger charge is 2.09. The molecule has 0 unspecified atom stereocenters. The highest BCUT2D eigenvalue weighted by atomic mass is 16.7. The number of hydrogen-bond donors (Lipinski definition) is 1. The summed E-state index contributed by atoms with van der Waals surface area (Å²) in [5, 5.41) is 12.5. The molecule has 0 aliphatic carbocycles. The number of nitrogens with zero attached hydrogens (tertiary/aromatic N) is 1. The Labute approximate surface area is 97.5 Å². The van der Waals surface area contributed by atoms with Crippen LogP contribution in [0.5, 0.6) is 5.75 Å². The zero-order chi connectivity index (χ0) is 12.7. The average Bonchev–Trinajstić information content (AvgIpc) is 2.27. The molecule has 0 atom stereocenters. The molecule has 7 heteroatoms. The first-order valence-electron chi connectivity index (χ1n) is 4.75. The fraction of sp³-hybridized carbons (Fsp3) is 0.300. The van der Waals surface area contributed by atoms with Crippen molar-refractivity contribution in [3.05, 3.63) is 34.4 Å². The fourth-order valence-corrected chi connectivity index (χ4v) is 1.08. The van der Waals surface area contributed by atoms with Gasteiger partial charge in [0.25, 0.3) is 12.5 Å². The minimum Gasteiger partial charge on any atom is -0.468 e. The van der Waals surface area contributed by atoms with E-state index in [1.807, 2.05) is 0 Å². The van der Waals surface area contributed by atoms with Crippen LogP contribution >= 0.6 is 0 Å². The van der Waals surface area contributed by atoms with Gasteiger partial charge in [-0.1, -0.05) is 0 Å². The van der Waals surface area contributed by atoms with Crippen LogP contribution in [-0.4, -0.2) is 31.3 Å². The molecule has 0 spiro atoms. The molecule has 1 amide bonds. The minimum absolute atomic E-state index is 0.132. The van der Waals surface area contributed by atoms with E-state index in [0.717, 1.165) is 0 Å². The second-order valence-electron chi connectivity index (χ2n) is 3.11. The number of benzene rings is 1. The van der Waals surface area contributed by atoms with E-state index in [9.17, 15) is 14.9 Å². The van der Waals surface area contributed by atoms with E-state index >= 15 is 0 Å². The van der Waals surface area contributed by atoms with Gasteiger partial charge in [0.2, 0.25) is 0 Å². The number of carbonyl (C=O) groups excluding carboxylic acids is 1. The topological polar surface area (TPSA) is 90.7 Å². The molecule has 1 N–H and O–H groups in total. The number of nitrogens with one attached hydrogen (secondary N) is 1. The number of rotatable bonds is 6. The van der Waals surface area contributed by atoms with E-state index < -0.39 is 17.4 Å². The van der Waals surface area contributed by atoms with Gasteiger partial charge in [0.15, 0.2) is 6.79 Å². The number of nitro groups is 1. The number of ether oxygens (including phenoxy) is 2. The van der Waals surface area contributed by atoms with E-state index in [1.54, 1.807) is 24.3 Å². The number of amides is 1. The highest BCUT2D eigenvalue weighted by molar-refractivity contribution is 5.91. The van der Waals surface area contributed by atoms with Crippen molar-refractivity contribution in [1.29, 1.82) is 0 Å². The first kappa shape index (κ1) is 12.9. The van der Waals surface area contributed by atoms with Gasteiger partial charge in [0.05, 0.1) is 0 Å². The molecule has 0 aromatic heterocycles. The molecule has 0 aliphatic heterocycles. The third-order valence-electron chi connectivity index (χ3n) is 1.75. The van der Waals surface area contributed by atoms with Gasteiger partial charge >= 0.3 is 0 Å². The van der Waals surface area contributed by atoms with E-state index in [4.69, 9.17) is 9.47 Å². The van der Waals surface area contributed by atoms with Crippen molar-refractivity contribution < 1.29 is 19.2 Å². The molecule has 0 saturated carbocycles. The fourth-order valence-electron chi connectivity index (χ4n) is 1.08. The zero-order valence-electron chi connectivity index (χ0n) is 9.21.